The summed E-state index contributed by atoms with van der Waals surface area (Å²) in [5, 5.41) is 7.27. The molecule has 3 heterocycles. The lowest BCUT2D eigenvalue weighted by molar-refractivity contribution is 0.0680. The van der Waals surface area contributed by atoms with E-state index in [1.807, 2.05) is 11.9 Å². The van der Waals surface area contributed by atoms with Crippen molar-refractivity contribution >= 4 is 5.91 Å². The number of amides is 1. The van der Waals surface area contributed by atoms with Gasteiger partial charge >= 0.3 is 0 Å². The van der Waals surface area contributed by atoms with E-state index in [0.717, 1.165) is 12.8 Å². The summed E-state index contributed by atoms with van der Waals surface area (Å²) in [7, 11) is 1.89. The van der Waals surface area contributed by atoms with Crippen molar-refractivity contribution in [2.75, 3.05) is 7.05 Å². The molecule has 0 aromatic carbocycles. The molecule has 18 heavy (non-hydrogen) atoms. The Kier molecular flexibility index (Phi) is 2.86. The highest BCUT2D eigenvalue weighted by Gasteiger charge is 2.36. The molecule has 2 fully saturated rings. The maximum absolute atomic E-state index is 12.4. The second kappa shape index (κ2) is 4.39. The minimum atomic E-state index is 0.0278. The number of carbonyl (C=O) groups excluding carboxylic acids is 1. The van der Waals surface area contributed by atoms with E-state index in [1.165, 1.54) is 19.0 Å². The van der Waals surface area contributed by atoms with Crippen molar-refractivity contribution < 1.29 is 9.32 Å². The van der Waals surface area contributed by atoms with Crippen LogP contribution in [0.3, 0.4) is 0 Å². The Hall–Kier alpha value is -1.36. The fraction of sp³-hybridized carbons (Fsp3) is 0.692. The van der Waals surface area contributed by atoms with Gasteiger partial charge in [-0.1, -0.05) is 5.16 Å². The monoisotopic (exact) mass is 249 g/mol. The lowest BCUT2D eigenvalue weighted by Crippen LogP contribution is -2.48. The van der Waals surface area contributed by atoms with Crippen LogP contribution < -0.4 is 5.32 Å². The smallest absolute Gasteiger partial charge is 0.259 e. The van der Waals surface area contributed by atoms with Gasteiger partial charge in [0.2, 0.25) is 0 Å². The fourth-order valence-corrected chi connectivity index (χ4v) is 3.20. The molecule has 2 saturated heterocycles. The van der Waals surface area contributed by atoms with Gasteiger partial charge in [-0.3, -0.25) is 4.79 Å². The highest BCUT2D eigenvalue weighted by atomic mass is 16.5. The van der Waals surface area contributed by atoms with Crippen LogP contribution in [0, 0.1) is 6.92 Å². The van der Waals surface area contributed by atoms with Gasteiger partial charge < -0.3 is 14.7 Å². The maximum Gasteiger partial charge on any atom is 0.259 e. The molecule has 0 spiro atoms. The van der Waals surface area contributed by atoms with Crippen LogP contribution in [-0.4, -0.2) is 41.1 Å². The van der Waals surface area contributed by atoms with Crippen molar-refractivity contribution in [1.82, 2.24) is 15.4 Å². The van der Waals surface area contributed by atoms with Crippen molar-refractivity contribution in [3.05, 3.63) is 17.5 Å². The van der Waals surface area contributed by atoms with Crippen LogP contribution in [0.15, 0.2) is 10.7 Å². The van der Waals surface area contributed by atoms with Gasteiger partial charge in [0.1, 0.15) is 11.3 Å². The van der Waals surface area contributed by atoms with Crippen LogP contribution in [0.5, 0.6) is 0 Å². The fourth-order valence-electron chi connectivity index (χ4n) is 3.20. The Morgan fingerprint density at radius 1 is 1.44 bits per heavy atom. The molecule has 2 aliphatic heterocycles. The molecule has 2 aliphatic rings. The van der Waals surface area contributed by atoms with E-state index < -0.39 is 0 Å². The number of nitrogens with one attached hydrogen (secondary N) is 1. The zero-order valence-corrected chi connectivity index (χ0v) is 10.8. The Morgan fingerprint density at radius 3 is 2.67 bits per heavy atom. The van der Waals surface area contributed by atoms with Crippen LogP contribution in [0.25, 0.3) is 0 Å². The third kappa shape index (κ3) is 1.92. The topological polar surface area (TPSA) is 58.4 Å². The first-order valence-corrected chi connectivity index (χ1v) is 6.59. The van der Waals surface area contributed by atoms with Crippen LogP contribution in [0.4, 0.5) is 0 Å². The molecule has 1 aromatic heterocycles. The summed E-state index contributed by atoms with van der Waals surface area (Å²) in [6, 6.07) is 1.52. The predicted octanol–water partition coefficient (Wildman–Crippen LogP) is 1.34. The molecule has 1 N–H and O–H groups in total. The first kappa shape index (κ1) is 11.7. The Balaban J connectivity index is 1.73. The quantitative estimate of drug-likeness (QED) is 0.859. The lowest BCUT2D eigenvalue weighted by Gasteiger charge is -2.35. The number of carbonyl (C=O) groups is 1. The molecule has 2 bridgehead atoms. The van der Waals surface area contributed by atoms with Crippen LogP contribution >= 0.6 is 0 Å². The molecule has 3 rings (SSSR count). The molecule has 2 unspecified atom stereocenters. The Labute approximate surface area is 107 Å². The van der Waals surface area contributed by atoms with Gasteiger partial charge in [-0.15, -0.1) is 0 Å². The second-order valence-corrected chi connectivity index (χ2v) is 5.47. The molecule has 1 amide bonds. The Bertz CT molecular complexity index is 445. The Morgan fingerprint density at radius 2 is 2.11 bits per heavy atom. The number of aromatic nitrogens is 1. The van der Waals surface area contributed by atoms with Gasteiger partial charge in [0.05, 0.1) is 6.20 Å². The number of aryl methyl sites for hydroxylation is 1. The third-order valence-corrected chi connectivity index (χ3v) is 4.30. The number of fused-ring (bicyclic) bond motifs is 2. The maximum atomic E-state index is 12.4. The molecule has 0 radical (unpaired) electrons. The first-order valence-electron chi connectivity index (χ1n) is 6.59. The standard InChI is InChI=1S/C13H19N3O2/c1-8-12(7-14-18-8)13(17)16(2)11-5-9-3-4-10(6-11)15-9/h7,9-11,15H,3-6H2,1-2H3. The first-order chi connectivity index (χ1) is 8.65. The van der Waals surface area contributed by atoms with Crippen molar-refractivity contribution in [3.63, 3.8) is 0 Å². The summed E-state index contributed by atoms with van der Waals surface area (Å²) in [4.78, 5) is 14.2. The predicted molar refractivity (Wildman–Crippen MR) is 66.3 cm³/mol. The molecule has 98 valence electrons. The van der Waals surface area contributed by atoms with E-state index in [4.69, 9.17) is 4.52 Å². The van der Waals surface area contributed by atoms with Gasteiger partial charge in [0.15, 0.2) is 0 Å². The van der Waals surface area contributed by atoms with Gasteiger partial charge in [0, 0.05) is 25.2 Å². The molecular weight excluding hydrogens is 230 g/mol. The molecule has 5 nitrogen and oxygen atoms in total. The van der Waals surface area contributed by atoms with E-state index in [-0.39, 0.29) is 5.91 Å². The highest BCUT2D eigenvalue weighted by Crippen LogP contribution is 2.30. The minimum Gasteiger partial charge on any atom is -0.361 e. The number of hydrogen-bond acceptors (Lipinski definition) is 4. The summed E-state index contributed by atoms with van der Waals surface area (Å²) in [6.07, 6.45) is 6.13. The number of piperidine rings is 1. The molecular formula is C13H19N3O2. The molecule has 2 atom stereocenters. The molecule has 1 aromatic rings. The van der Waals surface area contributed by atoms with E-state index in [0.29, 0.717) is 29.4 Å². The summed E-state index contributed by atoms with van der Waals surface area (Å²) in [5.41, 5.74) is 0.586. The average molecular weight is 249 g/mol. The average Bonchev–Trinajstić information content (AvgIpc) is 2.93. The number of nitrogens with zero attached hydrogens (tertiary/aromatic N) is 2. The minimum absolute atomic E-state index is 0.0278. The van der Waals surface area contributed by atoms with Crippen LogP contribution in [0.1, 0.15) is 41.8 Å². The summed E-state index contributed by atoms with van der Waals surface area (Å²) < 4.78 is 4.97. The SMILES string of the molecule is Cc1oncc1C(=O)N(C)C1CC2CCC(C1)N2. The van der Waals surface area contributed by atoms with Crippen molar-refractivity contribution in [3.8, 4) is 0 Å². The third-order valence-electron chi connectivity index (χ3n) is 4.30. The van der Waals surface area contributed by atoms with Gasteiger partial charge in [0.25, 0.3) is 5.91 Å². The zero-order valence-electron chi connectivity index (χ0n) is 10.8. The lowest BCUT2D eigenvalue weighted by atomic mass is 9.98. The van der Waals surface area contributed by atoms with Crippen LogP contribution in [-0.2, 0) is 0 Å². The molecule has 0 saturated carbocycles. The second-order valence-electron chi connectivity index (χ2n) is 5.47. The number of hydrogen-bond donors (Lipinski definition) is 1. The van der Waals surface area contributed by atoms with Crippen molar-refractivity contribution in [2.24, 2.45) is 0 Å². The van der Waals surface area contributed by atoms with E-state index >= 15 is 0 Å². The summed E-state index contributed by atoms with van der Waals surface area (Å²) in [6.45, 7) is 1.78. The molecule has 0 aliphatic carbocycles. The summed E-state index contributed by atoms with van der Waals surface area (Å²) in [5.74, 6) is 0.629. The van der Waals surface area contributed by atoms with Crippen molar-refractivity contribution in [1.29, 1.82) is 0 Å². The number of rotatable bonds is 2. The zero-order chi connectivity index (χ0) is 12.7. The highest BCUT2D eigenvalue weighted by molar-refractivity contribution is 5.94. The largest absolute Gasteiger partial charge is 0.361 e. The van der Waals surface area contributed by atoms with Crippen LogP contribution in [0.2, 0.25) is 0 Å². The normalized spacial score (nSPS) is 30.4. The van der Waals surface area contributed by atoms with E-state index in [9.17, 15) is 4.79 Å². The van der Waals surface area contributed by atoms with Gasteiger partial charge in [-0.25, -0.2) is 0 Å². The summed E-state index contributed by atoms with van der Waals surface area (Å²) >= 11 is 0. The van der Waals surface area contributed by atoms with Gasteiger partial charge in [-0.05, 0) is 32.6 Å². The van der Waals surface area contributed by atoms with Crippen molar-refractivity contribution in [2.45, 2.75) is 50.7 Å². The van der Waals surface area contributed by atoms with E-state index in [1.54, 1.807) is 6.92 Å². The van der Waals surface area contributed by atoms with Gasteiger partial charge in [-0.2, -0.15) is 0 Å². The molecule has 5 heteroatoms. The van der Waals surface area contributed by atoms with E-state index in [2.05, 4.69) is 10.5 Å².